The Morgan fingerprint density at radius 3 is 2.95 bits per heavy atom. The Balaban J connectivity index is 1.94. The van der Waals surface area contributed by atoms with E-state index in [-0.39, 0.29) is 0 Å². The van der Waals surface area contributed by atoms with Crippen molar-refractivity contribution in [3.05, 3.63) is 46.1 Å². The van der Waals surface area contributed by atoms with Gasteiger partial charge in [-0.15, -0.1) is 0 Å². The van der Waals surface area contributed by atoms with Gasteiger partial charge in [-0.2, -0.15) is 0 Å². The van der Waals surface area contributed by atoms with Crippen LogP contribution in [0.5, 0.6) is 0 Å². The smallest absolute Gasteiger partial charge is 0.227 e. The molecule has 1 N–H and O–H groups in total. The summed E-state index contributed by atoms with van der Waals surface area (Å²) < 4.78 is 5.34. The maximum atomic E-state index is 6.09. The molecule has 3 rings (SSSR count). The number of fused-ring (bicyclic) bond motifs is 1. The number of nitrogens with zero attached hydrogens (tertiary/aromatic N) is 1. The van der Waals surface area contributed by atoms with Crippen LogP contribution in [0.4, 0.5) is 5.88 Å². The second kappa shape index (κ2) is 4.89. The van der Waals surface area contributed by atoms with Crippen LogP contribution in [-0.2, 0) is 12.8 Å². The molecule has 1 aliphatic carbocycles. The second-order valence-electron chi connectivity index (χ2n) is 5.23. The van der Waals surface area contributed by atoms with E-state index < -0.39 is 0 Å². The van der Waals surface area contributed by atoms with Gasteiger partial charge in [-0.1, -0.05) is 35.8 Å². The zero-order valence-electron chi connectivity index (χ0n) is 11.1. The predicted molar refractivity (Wildman–Crippen MR) is 76.8 cm³/mol. The summed E-state index contributed by atoms with van der Waals surface area (Å²) in [5.41, 5.74) is 3.60. The van der Waals surface area contributed by atoms with Crippen LogP contribution in [0, 0.1) is 5.92 Å². The highest BCUT2D eigenvalue weighted by atomic mass is 35.5. The maximum Gasteiger partial charge on any atom is 0.227 e. The number of aromatic nitrogens is 1. The van der Waals surface area contributed by atoms with E-state index in [4.69, 9.17) is 16.1 Å². The maximum absolute atomic E-state index is 6.09. The van der Waals surface area contributed by atoms with E-state index in [1.54, 1.807) is 0 Å². The zero-order valence-corrected chi connectivity index (χ0v) is 11.9. The number of hydrogen-bond acceptors (Lipinski definition) is 3. The first kappa shape index (κ1) is 12.5. The van der Waals surface area contributed by atoms with Crippen molar-refractivity contribution in [2.24, 2.45) is 5.92 Å². The number of benzene rings is 1. The fourth-order valence-electron chi connectivity index (χ4n) is 2.97. The molecule has 2 aromatic rings. The molecule has 1 aliphatic rings. The largest absolute Gasteiger partial charge is 0.357 e. The van der Waals surface area contributed by atoms with Crippen molar-refractivity contribution in [1.29, 1.82) is 0 Å². The third-order valence-electron chi connectivity index (χ3n) is 4.00. The molecule has 0 fully saturated rings. The van der Waals surface area contributed by atoms with Crippen molar-refractivity contribution in [3.63, 3.8) is 0 Å². The summed E-state index contributed by atoms with van der Waals surface area (Å²) in [6.07, 6.45) is 1.91. The Bertz CT molecular complexity index is 594. The number of hydrogen-bond donors (Lipinski definition) is 1. The number of rotatable bonds is 2. The topological polar surface area (TPSA) is 38.1 Å². The van der Waals surface area contributed by atoms with Gasteiger partial charge in [-0.25, -0.2) is 0 Å². The van der Waals surface area contributed by atoms with Gasteiger partial charge < -0.3 is 9.84 Å². The lowest BCUT2D eigenvalue weighted by Crippen LogP contribution is -2.21. The number of halogens is 1. The van der Waals surface area contributed by atoms with Gasteiger partial charge in [0, 0.05) is 24.1 Å². The molecular weight excluding hydrogens is 260 g/mol. The van der Waals surface area contributed by atoms with Crippen molar-refractivity contribution in [2.45, 2.75) is 25.7 Å². The first-order chi connectivity index (χ1) is 9.19. The molecule has 0 saturated carbocycles. The van der Waals surface area contributed by atoms with E-state index in [0.29, 0.717) is 11.8 Å². The first-order valence-corrected chi connectivity index (χ1v) is 6.97. The van der Waals surface area contributed by atoms with E-state index in [1.807, 2.05) is 19.2 Å². The molecule has 0 aliphatic heterocycles. The molecule has 0 bridgehead atoms. The van der Waals surface area contributed by atoms with E-state index in [2.05, 4.69) is 29.5 Å². The molecule has 4 heteroatoms. The van der Waals surface area contributed by atoms with Crippen LogP contribution in [0.2, 0.25) is 5.02 Å². The molecule has 1 heterocycles. The normalized spacial score (nSPS) is 22.1. The molecular formula is C15H17ClN2O. The molecule has 2 atom stereocenters. The van der Waals surface area contributed by atoms with E-state index in [9.17, 15) is 0 Å². The minimum Gasteiger partial charge on any atom is -0.357 e. The van der Waals surface area contributed by atoms with Gasteiger partial charge in [0.25, 0.3) is 0 Å². The third kappa shape index (κ3) is 2.23. The van der Waals surface area contributed by atoms with Gasteiger partial charge in [0.15, 0.2) is 0 Å². The van der Waals surface area contributed by atoms with Crippen LogP contribution in [0.1, 0.15) is 29.7 Å². The lowest BCUT2D eigenvalue weighted by atomic mass is 9.76. The lowest BCUT2D eigenvalue weighted by molar-refractivity contribution is 0.403. The first-order valence-electron chi connectivity index (χ1n) is 6.59. The predicted octanol–water partition coefficient (Wildman–Crippen LogP) is 3.89. The number of anilines is 1. The summed E-state index contributed by atoms with van der Waals surface area (Å²) in [5.74, 6) is 1.82. The highest BCUT2D eigenvalue weighted by Crippen LogP contribution is 2.39. The van der Waals surface area contributed by atoms with E-state index in [1.165, 1.54) is 11.1 Å². The SMILES string of the molecule is CNc1onc2c1CC(C)C(c1cccc(Cl)c1)C2. The Labute approximate surface area is 117 Å². The summed E-state index contributed by atoms with van der Waals surface area (Å²) in [6.45, 7) is 2.28. The second-order valence-corrected chi connectivity index (χ2v) is 5.67. The van der Waals surface area contributed by atoms with Gasteiger partial charge >= 0.3 is 0 Å². The van der Waals surface area contributed by atoms with Crippen molar-refractivity contribution >= 4 is 17.5 Å². The minimum absolute atomic E-state index is 0.459. The van der Waals surface area contributed by atoms with E-state index >= 15 is 0 Å². The van der Waals surface area contributed by atoms with Crippen molar-refractivity contribution in [3.8, 4) is 0 Å². The van der Waals surface area contributed by atoms with E-state index in [0.717, 1.165) is 29.4 Å². The summed E-state index contributed by atoms with van der Waals surface area (Å²) in [6, 6.07) is 8.14. The standard InChI is InChI=1S/C15H17ClN2O/c1-9-6-13-14(18-19-15(13)17-2)8-12(9)10-4-3-5-11(16)7-10/h3-5,7,9,12,17H,6,8H2,1-2H3. The molecule has 1 aromatic carbocycles. The Kier molecular flexibility index (Phi) is 3.23. The Morgan fingerprint density at radius 1 is 1.37 bits per heavy atom. The third-order valence-corrected chi connectivity index (χ3v) is 4.23. The molecule has 0 spiro atoms. The van der Waals surface area contributed by atoms with Gasteiger partial charge in [-0.3, -0.25) is 0 Å². The molecule has 1 aromatic heterocycles. The average molecular weight is 277 g/mol. The van der Waals surface area contributed by atoms with Crippen molar-refractivity contribution in [1.82, 2.24) is 5.16 Å². The van der Waals surface area contributed by atoms with Gasteiger partial charge in [0.05, 0.1) is 5.69 Å². The molecule has 100 valence electrons. The molecule has 2 unspecified atom stereocenters. The lowest BCUT2D eigenvalue weighted by Gasteiger charge is -2.28. The van der Waals surface area contributed by atoms with Gasteiger partial charge in [-0.05, 0) is 36.0 Å². The minimum atomic E-state index is 0.459. The molecule has 3 nitrogen and oxygen atoms in total. The zero-order chi connectivity index (χ0) is 13.4. The van der Waals surface area contributed by atoms with Crippen molar-refractivity contribution < 1.29 is 4.52 Å². The van der Waals surface area contributed by atoms with Crippen LogP contribution < -0.4 is 5.32 Å². The number of nitrogens with one attached hydrogen (secondary N) is 1. The van der Waals surface area contributed by atoms with Crippen LogP contribution in [0.3, 0.4) is 0 Å². The fourth-order valence-corrected chi connectivity index (χ4v) is 3.17. The average Bonchev–Trinajstić information content (AvgIpc) is 2.79. The summed E-state index contributed by atoms with van der Waals surface area (Å²) in [4.78, 5) is 0. The molecule has 0 amide bonds. The van der Waals surface area contributed by atoms with Crippen LogP contribution in [-0.4, -0.2) is 12.2 Å². The fraction of sp³-hybridized carbons (Fsp3) is 0.400. The summed E-state index contributed by atoms with van der Waals surface area (Å²) >= 11 is 6.09. The summed E-state index contributed by atoms with van der Waals surface area (Å²) in [7, 11) is 1.87. The molecule has 19 heavy (non-hydrogen) atoms. The van der Waals surface area contributed by atoms with Gasteiger partial charge in [0.1, 0.15) is 0 Å². The van der Waals surface area contributed by atoms with Crippen LogP contribution >= 0.6 is 11.6 Å². The molecule has 0 saturated heterocycles. The Morgan fingerprint density at radius 2 is 2.21 bits per heavy atom. The Hall–Kier alpha value is -1.48. The summed E-state index contributed by atoms with van der Waals surface area (Å²) in [5, 5.41) is 8.06. The monoisotopic (exact) mass is 276 g/mol. The highest BCUT2D eigenvalue weighted by Gasteiger charge is 2.31. The molecule has 0 radical (unpaired) electrons. The van der Waals surface area contributed by atoms with Crippen LogP contribution in [0.25, 0.3) is 0 Å². The van der Waals surface area contributed by atoms with Gasteiger partial charge in [0.2, 0.25) is 5.88 Å². The quantitative estimate of drug-likeness (QED) is 0.904. The van der Waals surface area contributed by atoms with Crippen molar-refractivity contribution in [2.75, 3.05) is 12.4 Å². The highest BCUT2D eigenvalue weighted by molar-refractivity contribution is 6.30. The van der Waals surface area contributed by atoms with Crippen LogP contribution in [0.15, 0.2) is 28.8 Å².